The number of carbonyl (C=O) groups excluding carboxylic acids is 1. The topological polar surface area (TPSA) is 78.7 Å². The van der Waals surface area contributed by atoms with Gasteiger partial charge in [-0.2, -0.15) is 0 Å². The SMILES string of the molecule is COc1cc(C=O)c([N+](=O)[O-])c(I)c1OC. The van der Waals surface area contributed by atoms with Crippen molar-refractivity contribution in [1.82, 2.24) is 0 Å². The van der Waals surface area contributed by atoms with Crippen LogP contribution in [0, 0.1) is 13.7 Å². The second-order valence-electron chi connectivity index (χ2n) is 2.74. The summed E-state index contributed by atoms with van der Waals surface area (Å²) in [5.74, 6) is 0.542. The van der Waals surface area contributed by atoms with Gasteiger partial charge in [0.2, 0.25) is 0 Å². The standard InChI is InChI=1S/C9H8INO5/c1-15-6-3-5(4-12)8(11(13)14)7(10)9(6)16-2/h3-4H,1-2H3. The van der Waals surface area contributed by atoms with Crippen molar-refractivity contribution in [3.8, 4) is 11.5 Å². The second-order valence-corrected chi connectivity index (χ2v) is 3.82. The number of nitrogens with zero attached hydrogens (tertiary/aromatic N) is 1. The lowest BCUT2D eigenvalue weighted by molar-refractivity contribution is -0.386. The minimum Gasteiger partial charge on any atom is -0.493 e. The van der Waals surface area contributed by atoms with Crippen molar-refractivity contribution in [3.05, 3.63) is 25.3 Å². The van der Waals surface area contributed by atoms with Crippen molar-refractivity contribution >= 4 is 34.6 Å². The van der Waals surface area contributed by atoms with E-state index in [1.54, 1.807) is 22.6 Å². The Morgan fingerprint density at radius 1 is 1.44 bits per heavy atom. The Kier molecular flexibility index (Phi) is 4.05. The molecule has 0 aliphatic rings. The third kappa shape index (κ3) is 2.08. The largest absolute Gasteiger partial charge is 0.493 e. The van der Waals surface area contributed by atoms with Crippen LogP contribution in [-0.2, 0) is 0 Å². The van der Waals surface area contributed by atoms with Gasteiger partial charge in [-0.05, 0) is 22.6 Å². The number of methoxy groups -OCH3 is 2. The van der Waals surface area contributed by atoms with Crippen LogP contribution in [0.1, 0.15) is 10.4 Å². The average molecular weight is 337 g/mol. The van der Waals surface area contributed by atoms with Crippen LogP contribution in [0.5, 0.6) is 11.5 Å². The Balaban J connectivity index is 3.61. The van der Waals surface area contributed by atoms with Gasteiger partial charge in [-0.3, -0.25) is 14.9 Å². The number of rotatable bonds is 4. The average Bonchev–Trinajstić information content (AvgIpc) is 2.26. The number of ether oxygens (including phenoxy) is 2. The van der Waals surface area contributed by atoms with E-state index in [-0.39, 0.29) is 20.6 Å². The summed E-state index contributed by atoms with van der Waals surface area (Å²) in [5, 5.41) is 10.8. The zero-order valence-corrected chi connectivity index (χ0v) is 10.7. The molecule has 1 aromatic carbocycles. The number of hydrogen-bond acceptors (Lipinski definition) is 5. The zero-order chi connectivity index (χ0) is 12.3. The van der Waals surface area contributed by atoms with E-state index < -0.39 is 4.92 Å². The first-order chi connectivity index (χ1) is 7.56. The molecule has 86 valence electrons. The Labute approximate surface area is 105 Å². The van der Waals surface area contributed by atoms with Gasteiger partial charge in [0.1, 0.15) is 3.57 Å². The van der Waals surface area contributed by atoms with Crippen molar-refractivity contribution in [2.24, 2.45) is 0 Å². The highest BCUT2D eigenvalue weighted by molar-refractivity contribution is 14.1. The summed E-state index contributed by atoms with van der Waals surface area (Å²) < 4.78 is 10.2. The van der Waals surface area contributed by atoms with Crippen LogP contribution in [0.25, 0.3) is 0 Å². The molecule has 0 fully saturated rings. The molecule has 0 N–H and O–H groups in total. The van der Waals surface area contributed by atoms with Crippen LogP contribution in [0.3, 0.4) is 0 Å². The predicted octanol–water partition coefficient (Wildman–Crippen LogP) is 2.03. The molecule has 0 aliphatic heterocycles. The summed E-state index contributed by atoms with van der Waals surface area (Å²) in [6.45, 7) is 0. The Hall–Kier alpha value is -1.38. The number of nitro benzene ring substituents is 1. The van der Waals surface area contributed by atoms with Crippen LogP contribution in [0.4, 0.5) is 5.69 Å². The minimum absolute atomic E-state index is 0.0351. The quantitative estimate of drug-likeness (QED) is 0.364. The van der Waals surface area contributed by atoms with Gasteiger partial charge in [-0.1, -0.05) is 0 Å². The predicted molar refractivity (Wildman–Crippen MR) is 64.3 cm³/mol. The normalized spacial score (nSPS) is 9.69. The van der Waals surface area contributed by atoms with Crippen molar-refractivity contribution in [1.29, 1.82) is 0 Å². The molecule has 0 bridgehead atoms. The highest BCUT2D eigenvalue weighted by Crippen LogP contribution is 2.40. The molecule has 0 radical (unpaired) electrons. The Morgan fingerprint density at radius 2 is 2.06 bits per heavy atom. The van der Waals surface area contributed by atoms with Crippen LogP contribution in [0.15, 0.2) is 6.07 Å². The lowest BCUT2D eigenvalue weighted by Gasteiger charge is -2.10. The van der Waals surface area contributed by atoms with E-state index >= 15 is 0 Å². The van der Waals surface area contributed by atoms with Gasteiger partial charge in [0.25, 0.3) is 5.69 Å². The number of aldehydes is 1. The molecule has 0 aromatic heterocycles. The smallest absolute Gasteiger partial charge is 0.297 e. The molecular weight excluding hydrogens is 329 g/mol. The summed E-state index contributed by atoms with van der Waals surface area (Å²) in [6, 6.07) is 1.28. The van der Waals surface area contributed by atoms with E-state index in [1.165, 1.54) is 20.3 Å². The minimum atomic E-state index is -0.618. The van der Waals surface area contributed by atoms with E-state index in [9.17, 15) is 14.9 Å². The van der Waals surface area contributed by atoms with Gasteiger partial charge in [-0.15, -0.1) is 0 Å². The Morgan fingerprint density at radius 3 is 2.44 bits per heavy atom. The second kappa shape index (κ2) is 5.10. The van der Waals surface area contributed by atoms with Crippen LogP contribution >= 0.6 is 22.6 Å². The molecule has 7 heteroatoms. The highest BCUT2D eigenvalue weighted by atomic mass is 127. The molecule has 16 heavy (non-hydrogen) atoms. The van der Waals surface area contributed by atoms with E-state index in [2.05, 4.69) is 0 Å². The maximum atomic E-state index is 10.8. The van der Waals surface area contributed by atoms with Crippen molar-refractivity contribution in [2.45, 2.75) is 0 Å². The summed E-state index contributed by atoms with van der Waals surface area (Å²) in [4.78, 5) is 20.9. The van der Waals surface area contributed by atoms with Crippen molar-refractivity contribution in [2.75, 3.05) is 14.2 Å². The number of hydrogen-bond donors (Lipinski definition) is 0. The molecule has 1 aromatic rings. The summed E-state index contributed by atoms with van der Waals surface area (Å²) in [6.07, 6.45) is 0.419. The van der Waals surface area contributed by atoms with Gasteiger partial charge < -0.3 is 9.47 Å². The molecule has 0 heterocycles. The molecule has 1 rings (SSSR count). The zero-order valence-electron chi connectivity index (χ0n) is 8.52. The van der Waals surface area contributed by atoms with E-state index in [0.29, 0.717) is 12.0 Å². The van der Waals surface area contributed by atoms with E-state index in [0.717, 1.165) is 0 Å². The van der Waals surface area contributed by atoms with E-state index in [1.807, 2.05) is 0 Å². The maximum Gasteiger partial charge on any atom is 0.297 e. The fourth-order valence-electron chi connectivity index (χ4n) is 1.23. The molecule has 0 spiro atoms. The molecule has 0 amide bonds. The summed E-state index contributed by atoms with van der Waals surface area (Å²) >= 11 is 1.75. The van der Waals surface area contributed by atoms with Crippen LogP contribution in [0.2, 0.25) is 0 Å². The number of carbonyl (C=O) groups is 1. The van der Waals surface area contributed by atoms with E-state index in [4.69, 9.17) is 9.47 Å². The monoisotopic (exact) mass is 337 g/mol. The third-order valence-electron chi connectivity index (χ3n) is 1.92. The molecule has 0 aliphatic carbocycles. The number of nitro groups is 1. The van der Waals surface area contributed by atoms with Crippen molar-refractivity contribution < 1.29 is 19.2 Å². The fourth-order valence-corrected chi connectivity index (χ4v) is 2.23. The van der Waals surface area contributed by atoms with Gasteiger partial charge in [-0.25, -0.2) is 0 Å². The lowest BCUT2D eigenvalue weighted by atomic mass is 10.1. The molecule has 0 saturated heterocycles. The molecule has 0 atom stereocenters. The first-order valence-corrected chi connectivity index (χ1v) is 5.18. The van der Waals surface area contributed by atoms with Crippen molar-refractivity contribution in [3.63, 3.8) is 0 Å². The Bertz CT molecular complexity index is 446. The van der Waals surface area contributed by atoms with Gasteiger partial charge in [0.05, 0.1) is 24.7 Å². The van der Waals surface area contributed by atoms with Gasteiger partial charge >= 0.3 is 0 Å². The van der Waals surface area contributed by atoms with Crippen LogP contribution < -0.4 is 9.47 Å². The first kappa shape index (κ1) is 12.7. The van der Waals surface area contributed by atoms with Crippen LogP contribution in [-0.4, -0.2) is 25.4 Å². The summed E-state index contributed by atoms with van der Waals surface area (Å²) in [5.41, 5.74) is -0.305. The maximum absolute atomic E-state index is 10.8. The molecular formula is C9H8INO5. The van der Waals surface area contributed by atoms with Gasteiger partial charge in [0, 0.05) is 6.07 Å². The highest BCUT2D eigenvalue weighted by Gasteiger charge is 2.25. The summed E-state index contributed by atoms with van der Waals surface area (Å²) in [7, 11) is 2.78. The molecule has 0 saturated carbocycles. The number of benzene rings is 1. The molecule has 6 nitrogen and oxygen atoms in total. The molecule has 0 unspecified atom stereocenters. The van der Waals surface area contributed by atoms with Gasteiger partial charge in [0.15, 0.2) is 17.8 Å². The first-order valence-electron chi connectivity index (χ1n) is 4.10. The number of halogens is 1. The third-order valence-corrected chi connectivity index (χ3v) is 2.93. The fraction of sp³-hybridized carbons (Fsp3) is 0.222. The lowest BCUT2D eigenvalue weighted by Crippen LogP contribution is -2.02.